The Morgan fingerprint density at radius 3 is 1.89 bits per heavy atom. The molecule has 1 heterocycles. The minimum Gasteiger partial charge on any atom is -0.459 e. The Balaban J connectivity index is 1.97. The van der Waals surface area contributed by atoms with E-state index >= 15 is 0 Å². The van der Waals surface area contributed by atoms with Crippen LogP contribution in [-0.2, 0) is 4.74 Å². The maximum Gasteiger partial charge on any atom is 0.282 e. The number of amidine groups is 1. The molecule has 19 heavy (non-hydrogen) atoms. The van der Waals surface area contributed by atoms with Crippen molar-refractivity contribution in [2.45, 2.75) is 12.0 Å². The second-order valence-electron chi connectivity index (χ2n) is 4.63. The van der Waals surface area contributed by atoms with Gasteiger partial charge >= 0.3 is 0 Å². The molecule has 2 aromatic rings. The van der Waals surface area contributed by atoms with Crippen LogP contribution in [0, 0.1) is 0 Å². The first-order valence-corrected chi connectivity index (χ1v) is 6.41. The molecule has 0 saturated carbocycles. The summed E-state index contributed by atoms with van der Waals surface area (Å²) < 4.78 is 5.66. The highest BCUT2D eigenvalue weighted by atomic mass is 16.5. The maximum atomic E-state index is 5.66. The lowest BCUT2D eigenvalue weighted by Crippen LogP contribution is -2.26. The Labute approximate surface area is 112 Å². The Morgan fingerprint density at radius 2 is 1.47 bits per heavy atom. The number of nitrogens with zero attached hydrogens (tertiary/aromatic N) is 1. The first-order chi connectivity index (χ1) is 9.34. The summed E-state index contributed by atoms with van der Waals surface area (Å²) in [5.41, 5.74) is 8.10. The molecule has 2 N–H and O–H groups in total. The van der Waals surface area contributed by atoms with Crippen molar-refractivity contribution in [1.29, 1.82) is 0 Å². The number of ether oxygens (including phenoxy) is 1. The summed E-state index contributed by atoms with van der Waals surface area (Å²) in [6, 6.07) is 21.0. The molecule has 3 rings (SSSR count). The topological polar surface area (TPSA) is 47.6 Å². The predicted molar refractivity (Wildman–Crippen MR) is 76.1 cm³/mol. The SMILES string of the molecule is NC1=NCC(C(c2ccccc2)c2ccccc2)O1. The normalized spacial score (nSPS) is 18.2. The molecule has 0 spiro atoms. The number of hydrogen-bond acceptors (Lipinski definition) is 3. The summed E-state index contributed by atoms with van der Waals surface area (Å²) in [5.74, 6) is 0.159. The minimum absolute atomic E-state index is 0.0233. The number of hydrogen-bond donors (Lipinski definition) is 1. The molecule has 1 atom stereocenters. The largest absolute Gasteiger partial charge is 0.459 e. The van der Waals surface area contributed by atoms with Crippen molar-refractivity contribution in [3.63, 3.8) is 0 Å². The van der Waals surface area contributed by atoms with Gasteiger partial charge in [-0.25, -0.2) is 4.99 Å². The average molecular weight is 252 g/mol. The van der Waals surface area contributed by atoms with Crippen LogP contribution in [0.15, 0.2) is 65.7 Å². The molecular weight excluding hydrogens is 236 g/mol. The molecule has 1 aliphatic rings. The molecule has 3 nitrogen and oxygen atoms in total. The van der Waals surface area contributed by atoms with Gasteiger partial charge in [0.1, 0.15) is 6.10 Å². The molecule has 1 unspecified atom stereocenters. The lowest BCUT2D eigenvalue weighted by atomic mass is 9.86. The van der Waals surface area contributed by atoms with Gasteiger partial charge in [0.2, 0.25) is 0 Å². The van der Waals surface area contributed by atoms with E-state index in [9.17, 15) is 0 Å². The van der Waals surface area contributed by atoms with Crippen molar-refractivity contribution in [2.75, 3.05) is 6.54 Å². The summed E-state index contributed by atoms with van der Waals surface area (Å²) in [6.07, 6.45) is -0.0233. The average Bonchev–Trinajstić information content (AvgIpc) is 2.88. The van der Waals surface area contributed by atoms with Crippen molar-refractivity contribution >= 4 is 6.02 Å². The molecule has 96 valence electrons. The van der Waals surface area contributed by atoms with Gasteiger partial charge in [-0.15, -0.1) is 0 Å². The smallest absolute Gasteiger partial charge is 0.282 e. The van der Waals surface area contributed by atoms with Gasteiger partial charge in [0.25, 0.3) is 6.02 Å². The first-order valence-electron chi connectivity index (χ1n) is 6.41. The fourth-order valence-corrected chi connectivity index (χ4v) is 2.53. The van der Waals surface area contributed by atoms with Crippen LogP contribution >= 0.6 is 0 Å². The van der Waals surface area contributed by atoms with Crippen LogP contribution in [0.3, 0.4) is 0 Å². The zero-order valence-corrected chi connectivity index (χ0v) is 10.6. The van der Waals surface area contributed by atoms with E-state index in [0.29, 0.717) is 12.6 Å². The standard InChI is InChI=1S/C16H16N2O/c17-16-18-11-14(19-16)15(12-7-3-1-4-8-12)13-9-5-2-6-10-13/h1-10,14-15H,11H2,(H2,17,18). The zero-order valence-electron chi connectivity index (χ0n) is 10.6. The van der Waals surface area contributed by atoms with Crippen molar-refractivity contribution in [2.24, 2.45) is 10.7 Å². The third kappa shape index (κ3) is 2.45. The fourth-order valence-electron chi connectivity index (χ4n) is 2.53. The summed E-state index contributed by atoms with van der Waals surface area (Å²) in [5, 5.41) is 0. The number of aliphatic imine (C=N–C) groups is 1. The van der Waals surface area contributed by atoms with Crippen LogP contribution in [0.2, 0.25) is 0 Å². The minimum atomic E-state index is -0.0233. The van der Waals surface area contributed by atoms with Crippen molar-refractivity contribution in [3.05, 3.63) is 71.8 Å². The molecule has 0 saturated heterocycles. The monoisotopic (exact) mass is 252 g/mol. The van der Waals surface area contributed by atoms with Crippen molar-refractivity contribution < 1.29 is 4.74 Å². The van der Waals surface area contributed by atoms with E-state index in [1.165, 1.54) is 11.1 Å². The van der Waals surface area contributed by atoms with E-state index in [1.54, 1.807) is 0 Å². The quantitative estimate of drug-likeness (QED) is 0.912. The number of benzene rings is 2. The Hall–Kier alpha value is -2.29. The maximum absolute atomic E-state index is 5.66. The van der Waals surface area contributed by atoms with Crippen LogP contribution in [0.25, 0.3) is 0 Å². The van der Waals surface area contributed by atoms with Crippen LogP contribution in [0.5, 0.6) is 0 Å². The molecule has 0 radical (unpaired) electrons. The highest BCUT2D eigenvalue weighted by Gasteiger charge is 2.30. The molecule has 0 aromatic heterocycles. The summed E-state index contributed by atoms with van der Waals surface area (Å²) in [7, 11) is 0. The summed E-state index contributed by atoms with van der Waals surface area (Å²) in [4.78, 5) is 4.16. The molecule has 0 fully saturated rings. The van der Waals surface area contributed by atoms with Gasteiger partial charge in [0.15, 0.2) is 0 Å². The molecule has 0 amide bonds. The summed E-state index contributed by atoms with van der Waals surface area (Å²) in [6.45, 7) is 0.611. The van der Waals surface area contributed by atoms with Gasteiger partial charge < -0.3 is 10.5 Å². The van der Waals surface area contributed by atoms with Gasteiger partial charge in [0.05, 0.1) is 6.54 Å². The highest BCUT2D eigenvalue weighted by Crippen LogP contribution is 2.31. The Kier molecular flexibility index (Phi) is 3.19. The first kappa shape index (κ1) is 11.8. The number of rotatable bonds is 3. The highest BCUT2D eigenvalue weighted by molar-refractivity contribution is 5.73. The van der Waals surface area contributed by atoms with E-state index in [4.69, 9.17) is 10.5 Å². The molecule has 1 aliphatic heterocycles. The number of nitrogens with two attached hydrogens (primary N) is 1. The lowest BCUT2D eigenvalue weighted by Gasteiger charge is -2.23. The lowest BCUT2D eigenvalue weighted by molar-refractivity contribution is 0.202. The van der Waals surface area contributed by atoms with Crippen molar-refractivity contribution in [3.8, 4) is 0 Å². The van der Waals surface area contributed by atoms with Crippen LogP contribution < -0.4 is 5.73 Å². The van der Waals surface area contributed by atoms with Crippen LogP contribution in [-0.4, -0.2) is 18.7 Å². The van der Waals surface area contributed by atoms with E-state index in [0.717, 1.165) is 0 Å². The zero-order chi connectivity index (χ0) is 13.1. The van der Waals surface area contributed by atoms with Gasteiger partial charge in [-0.1, -0.05) is 60.7 Å². The van der Waals surface area contributed by atoms with E-state index in [-0.39, 0.29) is 12.0 Å². The van der Waals surface area contributed by atoms with Gasteiger partial charge in [-0.05, 0) is 11.1 Å². The summed E-state index contributed by atoms with van der Waals surface area (Å²) >= 11 is 0. The molecular formula is C16H16N2O. The fraction of sp³-hybridized carbons (Fsp3) is 0.188. The third-order valence-corrected chi connectivity index (χ3v) is 3.39. The van der Waals surface area contributed by atoms with Gasteiger partial charge in [-0.2, -0.15) is 0 Å². The second-order valence-corrected chi connectivity index (χ2v) is 4.63. The van der Waals surface area contributed by atoms with Crippen LogP contribution in [0.4, 0.5) is 0 Å². The van der Waals surface area contributed by atoms with E-state index in [2.05, 4.69) is 29.3 Å². The van der Waals surface area contributed by atoms with Gasteiger partial charge in [0, 0.05) is 5.92 Å². The van der Waals surface area contributed by atoms with E-state index in [1.807, 2.05) is 36.4 Å². The third-order valence-electron chi connectivity index (χ3n) is 3.39. The molecule has 2 aromatic carbocycles. The van der Waals surface area contributed by atoms with E-state index < -0.39 is 0 Å². The van der Waals surface area contributed by atoms with Crippen molar-refractivity contribution in [1.82, 2.24) is 0 Å². The molecule has 3 heteroatoms. The van der Waals surface area contributed by atoms with Gasteiger partial charge in [-0.3, -0.25) is 0 Å². The molecule has 0 bridgehead atoms. The second kappa shape index (κ2) is 5.14. The molecule has 0 aliphatic carbocycles. The van der Waals surface area contributed by atoms with Crippen LogP contribution in [0.1, 0.15) is 17.0 Å². The predicted octanol–water partition coefficient (Wildman–Crippen LogP) is 2.53. The Morgan fingerprint density at radius 1 is 0.947 bits per heavy atom. The Bertz CT molecular complexity index is 526.